The van der Waals surface area contributed by atoms with Crippen molar-refractivity contribution in [3.63, 3.8) is 0 Å². The van der Waals surface area contributed by atoms with E-state index in [1.165, 1.54) is 0 Å². The summed E-state index contributed by atoms with van der Waals surface area (Å²) in [5, 5.41) is 2.90. The van der Waals surface area contributed by atoms with E-state index in [2.05, 4.69) is 26.2 Å². The second kappa shape index (κ2) is 8.11. The number of nitrogens with one attached hydrogen (secondary N) is 1. The Hall–Kier alpha value is -1.88. The molecule has 0 unspecified atom stereocenters. The number of hydrogen-bond acceptors (Lipinski definition) is 3. The molecular formula is C18H21BrN2O2. The van der Waals surface area contributed by atoms with Gasteiger partial charge in [-0.2, -0.15) is 0 Å². The maximum Gasteiger partial charge on any atom is 0.224 e. The molecule has 0 radical (unpaired) electrons. The van der Waals surface area contributed by atoms with Crippen LogP contribution in [-0.2, 0) is 17.8 Å². The van der Waals surface area contributed by atoms with E-state index in [1.807, 2.05) is 51.2 Å². The van der Waals surface area contributed by atoms with E-state index in [0.29, 0.717) is 18.8 Å². The van der Waals surface area contributed by atoms with Crippen LogP contribution >= 0.6 is 15.9 Å². The zero-order chi connectivity index (χ0) is 16.8. The highest BCUT2D eigenvalue weighted by molar-refractivity contribution is 9.10. The maximum absolute atomic E-state index is 11.6. The lowest BCUT2D eigenvalue weighted by Gasteiger charge is -2.20. The number of halogens is 1. The predicted octanol–water partition coefficient (Wildman–Crippen LogP) is 4.64. The van der Waals surface area contributed by atoms with E-state index in [1.54, 1.807) is 0 Å². The quantitative estimate of drug-likeness (QED) is 0.848. The predicted molar refractivity (Wildman–Crippen MR) is 95.7 cm³/mol. The highest BCUT2D eigenvalue weighted by Crippen LogP contribution is 2.36. The summed E-state index contributed by atoms with van der Waals surface area (Å²) in [5.74, 6) is 0.706. The Morgan fingerprint density at radius 1 is 1.26 bits per heavy atom. The van der Waals surface area contributed by atoms with Gasteiger partial charge in [-0.3, -0.25) is 9.78 Å². The smallest absolute Gasteiger partial charge is 0.224 e. The van der Waals surface area contributed by atoms with Crippen molar-refractivity contribution in [2.24, 2.45) is 0 Å². The van der Waals surface area contributed by atoms with Crippen molar-refractivity contribution in [1.82, 2.24) is 4.98 Å². The first-order valence-electron chi connectivity index (χ1n) is 7.78. The van der Waals surface area contributed by atoms with Crippen LogP contribution in [0.4, 0.5) is 5.69 Å². The van der Waals surface area contributed by atoms with Crippen molar-refractivity contribution in [2.45, 2.75) is 40.2 Å². The highest BCUT2D eigenvalue weighted by Gasteiger charge is 2.19. The van der Waals surface area contributed by atoms with Gasteiger partial charge < -0.3 is 10.1 Å². The Morgan fingerprint density at radius 2 is 2.04 bits per heavy atom. The van der Waals surface area contributed by atoms with Gasteiger partial charge in [-0.15, -0.1) is 0 Å². The average Bonchev–Trinajstić information content (AvgIpc) is 2.56. The molecule has 5 heteroatoms. The molecule has 0 atom stereocenters. The number of ether oxygens (including phenoxy) is 1. The number of amides is 1. The van der Waals surface area contributed by atoms with Crippen LogP contribution in [0.5, 0.6) is 5.75 Å². The molecule has 3 rings (SSSR count). The number of hydrogen-bond donors (Lipinski definition) is 1. The monoisotopic (exact) mass is 376 g/mol. The fourth-order valence-electron chi connectivity index (χ4n) is 2.27. The van der Waals surface area contributed by atoms with Gasteiger partial charge in [-0.25, -0.2) is 0 Å². The van der Waals surface area contributed by atoms with Gasteiger partial charge in [0.1, 0.15) is 12.4 Å². The number of aromatic nitrogens is 1. The minimum Gasteiger partial charge on any atom is -0.485 e. The van der Waals surface area contributed by atoms with Crippen molar-refractivity contribution in [3.8, 4) is 5.75 Å². The van der Waals surface area contributed by atoms with Crippen molar-refractivity contribution in [1.29, 1.82) is 0 Å². The molecule has 2 aromatic rings. The number of anilines is 1. The SMILES string of the molecule is CC.Cc1ccc(COc2cc(Br)cc3c2NC(=O)CC3)nc1. The van der Waals surface area contributed by atoms with Gasteiger partial charge in [-0.1, -0.05) is 35.8 Å². The largest absolute Gasteiger partial charge is 0.485 e. The molecule has 1 amide bonds. The molecule has 0 spiro atoms. The summed E-state index contributed by atoms with van der Waals surface area (Å²) in [6.45, 7) is 6.37. The van der Waals surface area contributed by atoms with Gasteiger partial charge in [-0.05, 0) is 42.7 Å². The minimum atomic E-state index is 0.0307. The summed E-state index contributed by atoms with van der Waals surface area (Å²) in [6.07, 6.45) is 3.07. The molecule has 0 fully saturated rings. The van der Waals surface area contributed by atoms with Gasteiger partial charge in [0.15, 0.2) is 0 Å². The molecule has 1 aromatic heterocycles. The maximum atomic E-state index is 11.6. The van der Waals surface area contributed by atoms with Crippen molar-refractivity contribution in [2.75, 3.05) is 5.32 Å². The van der Waals surface area contributed by atoms with Crippen molar-refractivity contribution in [3.05, 3.63) is 51.8 Å². The molecule has 0 saturated heterocycles. The van der Waals surface area contributed by atoms with E-state index >= 15 is 0 Å². The second-order valence-electron chi connectivity index (χ2n) is 5.10. The average molecular weight is 377 g/mol. The van der Waals surface area contributed by atoms with E-state index in [4.69, 9.17) is 4.74 Å². The third-order valence-corrected chi connectivity index (χ3v) is 3.84. The van der Waals surface area contributed by atoms with Crippen molar-refractivity contribution >= 4 is 27.5 Å². The van der Waals surface area contributed by atoms with Crippen molar-refractivity contribution < 1.29 is 9.53 Å². The van der Waals surface area contributed by atoms with Crippen LogP contribution in [0.25, 0.3) is 0 Å². The zero-order valence-corrected chi connectivity index (χ0v) is 15.2. The van der Waals surface area contributed by atoms with Crippen LogP contribution in [-0.4, -0.2) is 10.9 Å². The summed E-state index contributed by atoms with van der Waals surface area (Å²) in [4.78, 5) is 15.9. The first kappa shape index (κ1) is 17.5. The van der Waals surface area contributed by atoms with Gasteiger partial charge in [0.05, 0.1) is 11.4 Å². The topological polar surface area (TPSA) is 51.2 Å². The molecule has 23 heavy (non-hydrogen) atoms. The third kappa shape index (κ3) is 4.55. The number of aryl methyl sites for hydroxylation is 2. The normalized spacial score (nSPS) is 12.6. The number of carbonyl (C=O) groups excluding carboxylic acids is 1. The number of rotatable bonds is 3. The Labute approximate surface area is 145 Å². The Bertz CT molecular complexity index is 684. The summed E-state index contributed by atoms with van der Waals surface area (Å²) >= 11 is 3.48. The van der Waals surface area contributed by atoms with Gasteiger partial charge >= 0.3 is 0 Å². The lowest BCUT2D eigenvalue weighted by atomic mass is 10.0. The van der Waals surface area contributed by atoms with Crippen LogP contribution < -0.4 is 10.1 Å². The number of fused-ring (bicyclic) bond motifs is 1. The summed E-state index contributed by atoms with van der Waals surface area (Å²) in [5.41, 5.74) is 3.85. The molecule has 1 aliphatic rings. The standard InChI is InChI=1S/C16H15BrN2O2.C2H6/c1-10-2-4-13(18-8-10)9-21-14-7-12(17)6-11-3-5-15(20)19-16(11)14;1-2/h2,4,6-8H,3,5,9H2,1H3,(H,19,20);1-2H3. The second-order valence-corrected chi connectivity index (χ2v) is 6.02. The molecular weight excluding hydrogens is 356 g/mol. The number of pyridine rings is 1. The van der Waals surface area contributed by atoms with Crippen LogP contribution in [0.2, 0.25) is 0 Å². The number of nitrogens with zero attached hydrogens (tertiary/aromatic N) is 1. The first-order chi connectivity index (χ1) is 11.1. The molecule has 0 saturated carbocycles. The van der Waals surface area contributed by atoms with Gasteiger partial charge in [0.2, 0.25) is 5.91 Å². The molecule has 1 aromatic carbocycles. The lowest BCUT2D eigenvalue weighted by Crippen LogP contribution is -2.20. The molecule has 2 heterocycles. The number of carbonyl (C=O) groups is 1. The lowest BCUT2D eigenvalue weighted by molar-refractivity contribution is -0.116. The molecule has 4 nitrogen and oxygen atoms in total. The summed E-state index contributed by atoms with van der Waals surface area (Å²) < 4.78 is 6.80. The fourth-order valence-corrected chi connectivity index (χ4v) is 2.76. The van der Waals surface area contributed by atoms with Gasteiger partial charge in [0, 0.05) is 17.1 Å². The van der Waals surface area contributed by atoms with E-state index in [-0.39, 0.29) is 5.91 Å². The first-order valence-corrected chi connectivity index (χ1v) is 8.58. The Balaban J connectivity index is 0.000000924. The zero-order valence-electron chi connectivity index (χ0n) is 13.6. The van der Waals surface area contributed by atoms with E-state index in [0.717, 1.165) is 33.4 Å². The van der Waals surface area contributed by atoms with Crippen LogP contribution in [0, 0.1) is 6.92 Å². The van der Waals surface area contributed by atoms with E-state index in [9.17, 15) is 4.79 Å². The fraction of sp³-hybridized carbons (Fsp3) is 0.333. The van der Waals surface area contributed by atoms with E-state index < -0.39 is 0 Å². The molecule has 1 aliphatic heterocycles. The summed E-state index contributed by atoms with van der Waals surface area (Å²) in [7, 11) is 0. The molecule has 0 aliphatic carbocycles. The molecule has 122 valence electrons. The minimum absolute atomic E-state index is 0.0307. The third-order valence-electron chi connectivity index (χ3n) is 3.38. The Morgan fingerprint density at radius 3 is 2.74 bits per heavy atom. The Kier molecular flexibility index (Phi) is 6.16. The summed E-state index contributed by atoms with van der Waals surface area (Å²) in [6, 6.07) is 7.84. The van der Waals surface area contributed by atoms with Crippen LogP contribution in [0.1, 0.15) is 37.1 Å². The van der Waals surface area contributed by atoms with Gasteiger partial charge in [0.25, 0.3) is 0 Å². The van der Waals surface area contributed by atoms with Crippen LogP contribution in [0.3, 0.4) is 0 Å². The molecule has 1 N–H and O–H groups in total. The molecule has 0 bridgehead atoms. The number of benzene rings is 1. The van der Waals surface area contributed by atoms with Crippen LogP contribution in [0.15, 0.2) is 34.9 Å². The highest BCUT2D eigenvalue weighted by atomic mass is 79.9.